The maximum absolute atomic E-state index is 9.06. The molecule has 0 amide bonds. The summed E-state index contributed by atoms with van der Waals surface area (Å²) in [6, 6.07) is 2.03. The highest BCUT2D eigenvalue weighted by atomic mass is 79.9. The number of nitrogens with one attached hydrogen (secondary N) is 1. The molecule has 2 rings (SSSR count). The molecule has 16 heavy (non-hydrogen) atoms. The van der Waals surface area contributed by atoms with Gasteiger partial charge < -0.3 is 10.4 Å². The van der Waals surface area contributed by atoms with Crippen LogP contribution in [0.25, 0.3) is 0 Å². The number of aliphatic hydroxyl groups excluding tert-OH is 1. The molecule has 3 nitrogen and oxygen atoms in total. The Morgan fingerprint density at radius 1 is 1.44 bits per heavy atom. The molecule has 1 aromatic rings. The van der Waals surface area contributed by atoms with E-state index in [2.05, 4.69) is 26.2 Å². The van der Waals surface area contributed by atoms with E-state index in [-0.39, 0.29) is 0 Å². The second-order valence-corrected chi connectivity index (χ2v) is 5.49. The number of halogens is 1. The SMILES string of the molecule is OCCC1(CNc2cncc(Br)c2)CCC1. The number of rotatable bonds is 5. The molecular weight excluding hydrogens is 268 g/mol. The van der Waals surface area contributed by atoms with Crippen LogP contribution in [-0.4, -0.2) is 23.2 Å². The Hall–Kier alpha value is -0.610. The van der Waals surface area contributed by atoms with Gasteiger partial charge in [0.25, 0.3) is 0 Å². The summed E-state index contributed by atoms with van der Waals surface area (Å²) in [7, 11) is 0. The van der Waals surface area contributed by atoms with Gasteiger partial charge in [-0.15, -0.1) is 0 Å². The molecule has 2 N–H and O–H groups in total. The van der Waals surface area contributed by atoms with Crippen molar-refractivity contribution in [3.05, 3.63) is 22.9 Å². The number of anilines is 1. The zero-order valence-electron chi connectivity index (χ0n) is 9.25. The van der Waals surface area contributed by atoms with Crippen LogP contribution in [0.1, 0.15) is 25.7 Å². The van der Waals surface area contributed by atoms with Gasteiger partial charge in [-0.05, 0) is 46.7 Å². The van der Waals surface area contributed by atoms with E-state index in [1.165, 1.54) is 19.3 Å². The van der Waals surface area contributed by atoms with E-state index in [1.807, 2.05) is 12.3 Å². The van der Waals surface area contributed by atoms with Gasteiger partial charge >= 0.3 is 0 Å². The summed E-state index contributed by atoms with van der Waals surface area (Å²) in [6.45, 7) is 1.23. The third kappa shape index (κ3) is 2.74. The fraction of sp³-hybridized carbons (Fsp3) is 0.583. The maximum atomic E-state index is 9.06. The van der Waals surface area contributed by atoms with Crippen molar-refractivity contribution in [2.24, 2.45) is 5.41 Å². The molecule has 1 aliphatic carbocycles. The molecule has 1 heterocycles. The van der Waals surface area contributed by atoms with Crippen molar-refractivity contribution in [1.82, 2.24) is 4.98 Å². The topological polar surface area (TPSA) is 45.1 Å². The first-order valence-corrected chi connectivity index (χ1v) is 6.49. The third-order valence-electron chi connectivity index (χ3n) is 3.43. The van der Waals surface area contributed by atoms with Gasteiger partial charge in [-0.3, -0.25) is 4.98 Å². The molecule has 0 aliphatic heterocycles. The minimum absolute atomic E-state index is 0.290. The molecular formula is C12H17BrN2O. The lowest BCUT2D eigenvalue weighted by Crippen LogP contribution is -2.37. The average Bonchev–Trinajstić information content (AvgIpc) is 2.22. The van der Waals surface area contributed by atoms with E-state index in [0.717, 1.165) is 23.1 Å². The van der Waals surface area contributed by atoms with Crippen LogP contribution in [0.5, 0.6) is 0 Å². The average molecular weight is 285 g/mol. The molecule has 88 valence electrons. The van der Waals surface area contributed by atoms with E-state index < -0.39 is 0 Å². The highest BCUT2D eigenvalue weighted by Crippen LogP contribution is 2.43. The Kier molecular flexibility index (Phi) is 3.82. The van der Waals surface area contributed by atoms with Crippen LogP contribution < -0.4 is 5.32 Å². The molecule has 0 radical (unpaired) electrons. The predicted octanol–water partition coefficient (Wildman–Crippen LogP) is 2.81. The van der Waals surface area contributed by atoms with Crippen LogP contribution >= 0.6 is 15.9 Å². The fourth-order valence-corrected chi connectivity index (χ4v) is 2.59. The Bertz CT molecular complexity index is 353. The summed E-state index contributed by atoms with van der Waals surface area (Å²) >= 11 is 3.40. The number of pyridine rings is 1. The molecule has 0 spiro atoms. The lowest BCUT2D eigenvalue weighted by Gasteiger charge is -2.42. The summed E-state index contributed by atoms with van der Waals surface area (Å²) in [6.07, 6.45) is 8.25. The Labute approximate surface area is 104 Å². The normalized spacial score (nSPS) is 17.9. The van der Waals surface area contributed by atoms with Crippen LogP contribution in [0.4, 0.5) is 5.69 Å². The van der Waals surface area contributed by atoms with Gasteiger partial charge in [0.1, 0.15) is 0 Å². The van der Waals surface area contributed by atoms with Gasteiger partial charge in [0.2, 0.25) is 0 Å². The van der Waals surface area contributed by atoms with Crippen molar-refractivity contribution in [2.75, 3.05) is 18.5 Å². The quantitative estimate of drug-likeness (QED) is 0.874. The second-order valence-electron chi connectivity index (χ2n) is 4.57. The molecule has 0 aromatic carbocycles. The van der Waals surface area contributed by atoms with Crippen molar-refractivity contribution < 1.29 is 5.11 Å². The number of hydrogen-bond acceptors (Lipinski definition) is 3. The molecule has 1 saturated carbocycles. The van der Waals surface area contributed by atoms with Crippen molar-refractivity contribution in [1.29, 1.82) is 0 Å². The molecule has 1 aromatic heterocycles. The molecule has 0 bridgehead atoms. The van der Waals surface area contributed by atoms with E-state index >= 15 is 0 Å². The summed E-state index contributed by atoms with van der Waals surface area (Å²) in [4.78, 5) is 4.12. The maximum Gasteiger partial charge on any atom is 0.0538 e. The highest BCUT2D eigenvalue weighted by molar-refractivity contribution is 9.10. The number of aromatic nitrogens is 1. The number of nitrogens with zero attached hydrogens (tertiary/aromatic N) is 1. The van der Waals surface area contributed by atoms with Crippen LogP contribution in [-0.2, 0) is 0 Å². The van der Waals surface area contributed by atoms with Crippen LogP contribution in [0.2, 0.25) is 0 Å². The summed E-state index contributed by atoms with van der Waals surface area (Å²) in [5.41, 5.74) is 1.36. The van der Waals surface area contributed by atoms with E-state index in [1.54, 1.807) is 6.20 Å². The monoisotopic (exact) mass is 284 g/mol. The first-order valence-electron chi connectivity index (χ1n) is 5.69. The van der Waals surface area contributed by atoms with Crippen LogP contribution in [0, 0.1) is 5.41 Å². The van der Waals surface area contributed by atoms with Gasteiger partial charge in [-0.2, -0.15) is 0 Å². The zero-order valence-corrected chi connectivity index (χ0v) is 10.8. The Morgan fingerprint density at radius 2 is 2.25 bits per heavy atom. The van der Waals surface area contributed by atoms with Crippen LogP contribution in [0.15, 0.2) is 22.9 Å². The second kappa shape index (κ2) is 5.15. The molecule has 0 atom stereocenters. The molecule has 0 unspecified atom stereocenters. The molecule has 1 aliphatic rings. The van der Waals surface area contributed by atoms with Gasteiger partial charge in [0.15, 0.2) is 0 Å². The first kappa shape index (κ1) is 11.9. The standard InChI is InChI=1S/C12H17BrN2O/c13-10-6-11(8-14-7-10)15-9-12(4-5-16)2-1-3-12/h6-8,15-16H,1-5,9H2. The molecule has 0 saturated heterocycles. The smallest absolute Gasteiger partial charge is 0.0538 e. The number of aliphatic hydroxyl groups is 1. The highest BCUT2D eigenvalue weighted by Gasteiger charge is 2.35. The predicted molar refractivity (Wildman–Crippen MR) is 68.4 cm³/mol. The first-order chi connectivity index (χ1) is 7.74. The minimum Gasteiger partial charge on any atom is -0.396 e. The summed E-state index contributed by atoms with van der Waals surface area (Å²) < 4.78 is 0.988. The molecule has 1 fully saturated rings. The van der Waals surface area contributed by atoms with Gasteiger partial charge in [-0.1, -0.05) is 6.42 Å². The van der Waals surface area contributed by atoms with Crippen molar-refractivity contribution in [3.8, 4) is 0 Å². The van der Waals surface area contributed by atoms with Gasteiger partial charge in [-0.25, -0.2) is 0 Å². The van der Waals surface area contributed by atoms with Crippen molar-refractivity contribution in [2.45, 2.75) is 25.7 Å². The zero-order chi connectivity index (χ0) is 11.4. The fourth-order valence-electron chi connectivity index (χ4n) is 2.23. The van der Waals surface area contributed by atoms with Crippen molar-refractivity contribution in [3.63, 3.8) is 0 Å². The lowest BCUT2D eigenvalue weighted by atomic mass is 9.67. The minimum atomic E-state index is 0.290. The third-order valence-corrected chi connectivity index (χ3v) is 3.86. The van der Waals surface area contributed by atoms with E-state index in [4.69, 9.17) is 5.11 Å². The Morgan fingerprint density at radius 3 is 2.81 bits per heavy atom. The lowest BCUT2D eigenvalue weighted by molar-refractivity contribution is 0.102. The number of hydrogen-bond donors (Lipinski definition) is 2. The summed E-state index contributed by atoms with van der Waals surface area (Å²) in [5, 5.41) is 12.5. The molecule has 4 heteroatoms. The summed E-state index contributed by atoms with van der Waals surface area (Å²) in [5.74, 6) is 0. The van der Waals surface area contributed by atoms with E-state index in [0.29, 0.717) is 12.0 Å². The van der Waals surface area contributed by atoms with Crippen molar-refractivity contribution >= 4 is 21.6 Å². The Balaban J connectivity index is 1.91. The van der Waals surface area contributed by atoms with Gasteiger partial charge in [0, 0.05) is 23.8 Å². The largest absolute Gasteiger partial charge is 0.396 e. The van der Waals surface area contributed by atoms with Gasteiger partial charge in [0.05, 0.1) is 11.9 Å². The van der Waals surface area contributed by atoms with E-state index in [9.17, 15) is 0 Å². The van der Waals surface area contributed by atoms with Crippen LogP contribution in [0.3, 0.4) is 0 Å².